The molecular formula is C11H12BrClN2O. The van der Waals surface area contributed by atoms with Crippen molar-refractivity contribution in [1.82, 2.24) is 5.32 Å². The number of anilines is 1. The van der Waals surface area contributed by atoms with E-state index in [1.807, 2.05) is 6.07 Å². The van der Waals surface area contributed by atoms with Gasteiger partial charge in [-0.05, 0) is 18.2 Å². The Morgan fingerprint density at radius 2 is 2.31 bits per heavy atom. The number of carbonyl (C=O) groups is 1. The Morgan fingerprint density at radius 3 is 3.00 bits per heavy atom. The molecule has 86 valence electrons. The van der Waals surface area contributed by atoms with E-state index in [-0.39, 0.29) is 12.5 Å². The third-order valence-electron chi connectivity index (χ3n) is 1.78. The number of carbonyl (C=O) groups excluding carboxylic acids is 1. The fourth-order valence-electron chi connectivity index (χ4n) is 1.08. The summed E-state index contributed by atoms with van der Waals surface area (Å²) < 4.78 is 0.867. The summed E-state index contributed by atoms with van der Waals surface area (Å²) in [6.07, 6.45) is 1.69. The van der Waals surface area contributed by atoms with E-state index in [1.54, 1.807) is 18.2 Å². The predicted molar refractivity (Wildman–Crippen MR) is 70.8 cm³/mol. The van der Waals surface area contributed by atoms with Gasteiger partial charge in [0.1, 0.15) is 0 Å². The first-order chi connectivity index (χ1) is 7.63. The summed E-state index contributed by atoms with van der Waals surface area (Å²) >= 11 is 9.24. The summed E-state index contributed by atoms with van der Waals surface area (Å²) in [6, 6.07) is 5.29. The maximum absolute atomic E-state index is 11.5. The Morgan fingerprint density at radius 1 is 1.56 bits per heavy atom. The molecule has 0 bridgehead atoms. The zero-order valence-electron chi connectivity index (χ0n) is 8.59. The summed E-state index contributed by atoms with van der Waals surface area (Å²) in [6.45, 7) is 4.37. The zero-order chi connectivity index (χ0) is 12.0. The first-order valence-electron chi connectivity index (χ1n) is 4.70. The molecule has 0 aliphatic rings. The first-order valence-corrected chi connectivity index (χ1v) is 5.87. The summed E-state index contributed by atoms with van der Waals surface area (Å²) in [5.74, 6) is -0.137. The van der Waals surface area contributed by atoms with Crippen LogP contribution in [-0.4, -0.2) is 19.0 Å². The largest absolute Gasteiger partial charge is 0.324 e. The summed E-state index contributed by atoms with van der Waals surface area (Å²) in [5.41, 5.74) is 0.599. The fourth-order valence-corrected chi connectivity index (χ4v) is 1.60. The minimum atomic E-state index is -0.137. The Hall–Kier alpha value is -0.840. The van der Waals surface area contributed by atoms with Gasteiger partial charge in [0.25, 0.3) is 0 Å². The Balaban J connectivity index is 2.55. The van der Waals surface area contributed by atoms with Crippen molar-refractivity contribution >= 4 is 39.1 Å². The molecule has 1 aromatic carbocycles. The molecular weight excluding hydrogens is 291 g/mol. The van der Waals surface area contributed by atoms with Gasteiger partial charge in [0.15, 0.2) is 0 Å². The minimum Gasteiger partial charge on any atom is -0.324 e. The van der Waals surface area contributed by atoms with Gasteiger partial charge >= 0.3 is 0 Å². The molecule has 0 aromatic heterocycles. The average Bonchev–Trinajstić information content (AvgIpc) is 2.24. The van der Waals surface area contributed by atoms with Gasteiger partial charge in [-0.2, -0.15) is 0 Å². The molecule has 0 fully saturated rings. The van der Waals surface area contributed by atoms with Gasteiger partial charge in [0, 0.05) is 11.0 Å². The molecule has 2 N–H and O–H groups in total. The van der Waals surface area contributed by atoms with Gasteiger partial charge in [0.05, 0.1) is 17.3 Å². The van der Waals surface area contributed by atoms with Crippen molar-refractivity contribution in [1.29, 1.82) is 0 Å². The van der Waals surface area contributed by atoms with Crippen LogP contribution in [0.3, 0.4) is 0 Å². The lowest BCUT2D eigenvalue weighted by atomic mass is 10.3. The molecule has 3 nitrogen and oxygen atoms in total. The second-order valence-corrected chi connectivity index (χ2v) is 4.41. The van der Waals surface area contributed by atoms with Crippen molar-refractivity contribution in [3.8, 4) is 0 Å². The summed E-state index contributed by atoms with van der Waals surface area (Å²) in [5, 5.41) is 6.13. The lowest BCUT2D eigenvalue weighted by Crippen LogP contribution is -2.28. The number of hydrogen-bond donors (Lipinski definition) is 2. The van der Waals surface area contributed by atoms with Crippen molar-refractivity contribution < 1.29 is 4.79 Å². The smallest absolute Gasteiger partial charge is 0.238 e. The second kappa shape index (κ2) is 6.68. The fraction of sp³-hybridized carbons (Fsp3) is 0.182. The van der Waals surface area contributed by atoms with Gasteiger partial charge in [-0.15, -0.1) is 6.58 Å². The van der Waals surface area contributed by atoms with Crippen LogP contribution in [0.25, 0.3) is 0 Å². The molecule has 0 radical (unpaired) electrons. The molecule has 0 aliphatic carbocycles. The van der Waals surface area contributed by atoms with Crippen molar-refractivity contribution in [2.24, 2.45) is 0 Å². The third-order valence-corrected chi connectivity index (χ3v) is 2.60. The maximum atomic E-state index is 11.5. The Bertz CT molecular complexity index is 396. The summed E-state index contributed by atoms with van der Waals surface area (Å²) in [7, 11) is 0. The normalized spacial score (nSPS) is 9.88. The van der Waals surface area contributed by atoms with E-state index in [4.69, 9.17) is 11.6 Å². The van der Waals surface area contributed by atoms with Gasteiger partial charge in [-0.3, -0.25) is 4.79 Å². The predicted octanol–water partition coefficient (Wildman–Crippen LogP) is 2.82. The highest BCUT2D eigenvalue weighted by Gasteiger charge is 2.05. The van der Waals surface area contributed by atoms with Gasteiger partial charge in [-0.1, -0.05) is 33.6 Å². The number of halogens is 2. The molecule has 0 heterocycles. The van der Waals surface area contributed by atoms with Crippen LogP contribution in [0.1, 0.15) is 0 Å². The Kier molecular flexibility index (Phi) is 5.52. The van der Waals surface area contributed by atoms with Crippen LogP contribution in [0.15, 0.2) is 35.3 Å². The highest BCUT2D eigenvalue weighted by atomic mass is 79.9. The molecule has 0 aliphatic heterocycles. The number of nitrogens with one attached hydrogen (secondary N) is 2. The molecule has 0 saturated heterocycles. The van der Waals surface area contributed by atoms with E-state index in [1.165, 1.54) is 0 Å². The van der Waals surface area contributed by atoms with Crippen LogP contribution in [-0.2, 0) is 4.79 Å². The topological polar surface area (TPSA) is 41.1 Å². The van der Waals surface area contributed by atoms with Crippen molar-refractivity contribution in [2.75, 3.05) is 18.4 Å². The molecule has 16 heavy (non-hydrogen) atoms. The number of rotatable bonds is 5. The van der Waals surface area contributed by atoms with E-state index in [9.17, 15) is 4.79 Å². The minimum absolute atomic E-state index is 0.137. The van der Waals surface area contributed by atoms with Crippen molar-refractivity contribution in [3.63, 3.8) is 0 Å². The molecule has 0 spiro atoms. The lowest BCUT2D eigenvalue weighted by molar-refractivity contribution is -0.115. The average molecular weight is 304 g/mol. The molecule has 5 heteroatoms. The lowest BCUT2D eigenvalue weighted by Gasteiger charge is -2.07. The SMILES string of the molecule is C=CCNCC(=O)Nc1cc(Br)ccc1Cl. The van der Waals surface area contributed by atoms with E-state index in [0.717, 1.165) is 4.47 Å². The van der Waals surface area contributed by atoms with Crippen LogP contribution in [0.2, 0.25) is 5.02 Å². The molecule has 0 saturated carbocycles. The summed E-state index contributed by atoms with van der Waals surface area (Å²) in [4.78, 5) is 11.5. The maximum Gasteiger partial charge on any atom is 0.238 e. The quantitative estimate of drug-likeness (QED) is 0.649. The zero-order valence-corrected chi connectivity index (χ0v) is 10.9. The monoisotopic (exact) mass is 302 g/mol. The first kappa shape index (κ1) is 13.2. The molecule has 1 amide bonds. The van der Waals surface area contributed by atoms with Crippen LogP contribution in [0.5, 0.6) is 0 Å². The second-order valence-electron chi connectivity index (χ2n) is 3.09. The van der Waals surface area contributed by atoms with Crippen molar-refractivity contribution in [3.05, 3.63) is 40.3 Å². The van der Waals surface area contributed by atoms with E-state index < -0.39 is 0 Å². The highest BCUT2D eigenvalue weighted by Crippen LogP contribution is 2.25. The molecule has 0 unspecified atom stereocenters. The van der Waals surface area contributed by atoms with Gasteiger partial charge in [0.2, 0.25) is 5.91 Å². The third kappa shape index (κ3) is 4.35. The molecule has 0 atom stereocenters. The van der Waals surface area contributed by atoms with Gasteiger partial charge < -0.3 is 10.6 Å². The van der Waals surface area contributed by atoms with Crippen LogP contribution < -0.4 is 10.6 Å². The standard InChI is InChI=1S/C11H12BrClN2O/c1-2-5-14-7-11(16)15-10-6-8(12)3-4-9(10)13/h2-4,6,14H,1,5,7H2,(H,15,16). The van der Waals surface area contributed by atoms with E-state index >= 15 is 0 Å². The molecule has 1 rings (SSSR count). The molecule has 1 aromatic rings. The highest BCUT2D eigenvalue weighted by molar-refractivity contribution is 9.10. The number of amides is 1. The van der Waals surface area contributed by atoms with Crippen LogP contribution in [0, 0.1) is 0 Å². The Labute approximate surface area is 108 Å². The van der Waals surface area contributed by atoms with E-state index in [2.05, 4.69) is 33.1 Å². The van der Waals surface area contributed by atoms with Gasteiger partial charge in [-0.25, -0.2) is 0 Å². The van der Waals surface area contributed by atoms with Crippen molar-refractivity contribution in [2.45, 2.75) is 0 Å². The van der Waals surface area contributed by atoms with Crippen LogP contribution >= 0.6 is 27.5 Å². The number of benzene rings is 1. The van der Waals surface area contributed by atoms with Crippen LogP contribution in [0.4, 0.5) is 5.69 Å². The number of hydrogen-bond acceptors (Lipinski definition) is 2. The van der Waals surface area contributed by atoms with E-state index in [0.29, 0.717) is 17.3 Å².